The molecule has 0 aliphatic heterocycles. The maximum absolute atomic E-state index is 5.32. The Morgan fingerprint density at radius 3 is 2.14 bits per heavy atom. The van der Waals surface area contributed by atoms with Crippen LogP contribution in [0.5, 0.6) is 0 Å². The van der Waals surface area contributed by atoms with Crippen LogP contribution in [0, 0.1) is 0 Å². The average molecular weight is 300 g/mol. The Kier molecular flexibility index (Phi) is 7.71. The van der Waals surface area contributed by atoms with Crippen molar-refractivity contribution >= 4 is 0 Å². The van der Waals surface area contributed by atoms with Crippen molar-refractivity contribution in [3.63, 3.8) is 0 Å². The Balaban J connectivity index is 1.57. The van der Waals surface area contributed by atoms with Gasteiger partial charge in [0.15, 0.2) is 5.82 Å². The molecule has 22 heavy (non-hydrogen) atoms. The van der Waals surface area contributed by atoms with Gasteiger partial charge in [0.25, 0.3) is 5.89 Å². The SMILES string of the molecule is CCCCCCCCCCCc1noc(-c2ccccc2)n1. The zero-order valence-corrected chi connectivity index (χ0v) is 13.8. The van der Waals surface area contributed by atoms with Gasteiger partial charge in [-0.25, -0.2) is 0 Å². The van der Waals surface area contributed by atoms with Crippen LogP contribution in [0.25, 0.3) is 11.5 Å². The quantitative estimate of drug-likeness (QED) is 0.491. The number of benzene rings is 1. The molecule has 0 saturated heterocycles. The van der Waals surface area contributed by atoms with Gasteiger partial charge in [0.2, 0.25) is 0 Å². The van der Waals surface area contributed by atoms with Crippen molar-refractivity contribution in [2.75, 3.05) is 0 Å². The summed E-state index contributed by atoms with van der Waals surface area (Å²) in [4.78, 5) is 4.47. The van der Waals surface area contributed by atoms with Crippen molar-refractivity contribution in [3.05, 3.63) is 36.2 Å². The predicted octanol–water partition coefficient (Wildman–Crippen LogP) is 5.81. The Labute approximate surface area is 134 Å². The van der Waals surface area contributed by atoms with Gasteiger partial charge in [-0.15, -0.1) is 0 Å². The molecule has 0 spiro atoms. The number of hydrogen-bond acceptors (Lipinski definition) is 3. The van der Waals surface area contributed by atoms with Crippen LogP contribution in [0.1, 0.15) is 70.5 Å². The lowest BCUT2D eigenvalue weighted by atomic mass is 10.1. The van der Waals surface area contributed by atoms with Crippen molar-refractivity contribution in [1.29, 1.82) is 0 Å². The normalized spacial score (nSPS) is 11.0. The highest BCUT2D eigenvalue weighted by molar-refractivity contribution is 5.51. The van der Waals surface area contributed by atoms with Gasteiger partial charge >= 0.3 is 0 Å². The fourth-order valence-electron chi connectivity index (χ4n) is 2.65. The van der Waals surface area contributed by atoms with Gasteiger partial charge in [-0.05, 0) is 18.6 Å². The third-order valence-electron chi connectivity index (χ3n) is 3.99. The minimum absolute atomic E-state index is 0.631. The van der Waals surface area contributed by atoms with E-state index in [1.54, 1.807) is 0 Å². The van der Waals surface area contributed by atoms with Gasteiger partial charge in [0, 0.05) is 12.0 Å². The van der Waals surface area contributed by atoms with E-state index in [9.17, 15) is 0 Å². The lowest BCUT2D eigenvalue weighted by molar-refractivity contribution is 0.421. The number of unbranched alkanes of at least 4 members (excludes halogenated alkanes) is 8. The molecule has 1 heterocycles. The van der Waals surface area contributed by atoms with Crippen molar-refractivity contribution in [1.82, 2.24) is 10.1 Å². The molecule has 0 radical (unpaired) electrons. The maximum atomic E-state index is 5.32. The number of hydrogen-bond donors (Lipinski definition) is 0. The molecule has 0 saturated carbocycles. The van der Waals surface area contributed by atoms with Crippen LogP contribution in [-0.2, 0) is 6.42 Å². The van der Waals surface area contributed by atoms with Crippen molar-refractivity contribution in [3.8, 4) is 11.5 Å². The summed E-state index contributed by atoms with van der Waals surface area (Å²) >= 11 is 0. The minimum Gasteiger partial charge on any atom is -0.334 e. The van der Waals surface area contributed by atoms with Crippen LogP contribution in [0.4, 0.5) is 0 Å². The summed E-state index contributed by atoms with van der Waals surface area (Å²) in [5, 5.41) is 4.07. The van der Waals surface area contributed by atoms with E-state index in [2.05, 4.69) is 17.1 Å². The molecule has 0 aliphatic carbocycles. The molecule has 0 N–H and O–H groups in total. The van der Waals surface area contributed by atoms with Crippen LogP contribution < -0.4 is 0 Å². The number of aryl methyl sites for hydroxylation is 1. The first-order chi connectivity index (χ1) is 10.9. The second kappa shape index (κ2) is 10.1. The fourth-order valence-corrected chi connectivity index (χ4v) is 2.65. The average Bonchev–Trinajstić information content (AvgIpc) is 3.03. The number of aromatic nitrogens is 2. The predicted molar refractivity (Wildman–Crippen MR) is 90.7 cm³/mol. The third-order valence-corrected chi connectivity index (χ3v) is 3.99. The van der Waals surface area contributed by atoms with Crippen LogP contribution in [0.15, 0.2) is 34.9 Å². The Hall–Kier alpha value is -1.64. The standard InChI is InChI=1S/C19H28N2O/c1-2-3-4-5-6-7-8-9-13-16-18-20-19(22-21-18)17-14-11-10-12-15-17/h10-12,14-15H,2-9,13,16H2,1H3. The lowest BCUT2D eigenvalue weighted by Crippen LogP contribution is -1.89. The molecular formula is C19H28N2O. The zero-order valence-electron chi connectivity index (χ0n) is 13.8. The van der Waals surface area contributed by atoms with Crippen molar-refractivity contribution in [2.24, 2.45) is 0 Å². The second-order valence-corrected chi connectivity index (χ2v) is 5.96. The van der Waals surface area contributed by atoms with Crippen molar-refractivity contribution < 1.29 is 4.52 Å². The first-order valence-corrected chi connectivity index (χ1v) is 8.78. The van der Waals surface area contributed by atoms with E-state index in [-0.39, 0.29) is 0 Å². The molecule has 0 bridgehead atoms. The molecule has 0 aliphatic rings. The van der Waals surface area contributed by atoms with Gasteiger partial charge in [0.1, 0.15) is 0 Å². The van der Waals surface area contributed by atoms with Crippen LogP contribution in [0.2, 0.25) is 0 Å². The maximum Gasteiger partial charge on any atom is 0.257 e. The highest BCUT2D eigenvalue weighted by Crippen LogP contribution is 2.17. The molecule has 0 unspecified atom stereocenters. The van der Waals surface area contributed by atoms with Crippen molar-refractivity contribution in [2.45, 2.75) is 71.1 Å². The zero-order chi connectivity index (χ0) is 15.5. The van der Waals surface area contributed by atoms with Gasteiger partial charge < -0.3 is 4.52 Å². The summed E-state index contributed by atoms with van der Waals surface area (Å²) in [5.74, 6) is 1.47. The van der Waals surface area contributed by atoms with E-state index < -0.39 is 0 Å². The molecule has 3 heteroatoms. The third kappa shape index (κ3) is 6.00. The number of nitrogens with zero attached hydrogens (tertiary/aromatic N) is 2. The van der Waals surface area contributed by atoms with Crippen LogP contribution >= 0.6 is 0 Å². The van der Waals surface area contributed by atoms with Crippen LogP contribution in [0.3, 0.4) is 0 Å². The highest BCUT2D eigenvalue weighted by Gasteiger charge is 2.07. The van der Waals surface area contributed by atoms with Gasteiger partial charge in [-0.3, -0.25) is 0 Å². The molecule has 2 aromatic rings. The first-order valence-electron chi connectivity index (χ1n) is 8.78. The van der Waals surface area contributed by atoms with E-state index in [0.29, 0.717) is 5.89 Å². The highest BCUT2D eigenvalue weighted by atomic mass is 16.5. The fraction of sp³-hybridized carbons (Fsp3) is 0.579. The molecule has 1 aromatic heterocycles. The van der Waals surface area contributed by atoms with E-state index in [1.807, 2.05) is 30.3 Å². The monoisotopic (exact) mass is 300 g/mol. The van der Waals surface area contributed by atoms with Crippen LogP contribution in [-0.4, -0.2) is 10.1 Å². The molecule has 120 valence electrons. The number of rotatable bonds is 11. The molecule has 0 fully saturated rings. The van der Waals surface area contributed by atoms with E-state index >= 15 is 0 Å². The molecular weight excluding hydrogens is 272 g/mol. The Morgan fingerprint density at radius 1 is 0.818 bits per heavy atom. The minimum atomic E-state index is 0.631. The molecule has 0 atom stereocenters. The van der Waals surface area contributed by atoms with Gasteiger partial charge in [-0.2, -0.15) is 4.98 Å². The Bertz CT molecular complexity index is 507. The molecule has 3 nitrogen and oxygen atoms in total. The second-order valence-electron chi connectivity index (χ2n) is 5.96. The van der Waals surface area contributed by atoms with E-state index in [4.69, 9.17) is 4.52 Å². The topological polar surface area (TPSA) is 38.9 Å². The molecule has 0 amide bonds. The lowest BCUT2D eigenvalue weighted by Gasteiger charge is -2.00. The summed E-state index contributed by atoms with van der Waals surface area (Å²) < 4.78 is 5.32. The van der Waals surface area contributed by atoms with E-state index in [0.717, 1.165) is 24.2 Å². The Morgan fingerprint density at radius 2 is 1.45 bits per heavy atom. The summed E-state index contributed by atoms with van der Waals surface area (Å²) in [5.41, 5.74) is 0.994. The summed E-state index contributed by atoms with van der Waals surface area (Å²) in [6.07, 6.45) is 13.0. The summed E-state index contributed by atoms with van der Waals surface area (Å²) in [6.45, 7) is 2.27. The van der Waals surface area contributed by atoms with Gasteiger partial charge in [0.05, 0.1) is 0 Å². The molecule has 1 aromatic carbocycles. The summed E-state index contributed by atoms with van der Waals surface area (Å²) in [6, 6.07) is 9.95. The molecule has 2 rings (SSSR count). The smallest absolute Gasteiger partial charge is 0.257 e. The van der Waals surface area contributed by atoms with E-state index in [1.165, 1.54) is 51.4 Å². The van der Waals surface area contributed by atoms with Gasteiger partial charge in [-0.1, -0.05) is 81.6 Å². The first kappa shape index (κ1) is 16.7. The summed E-state index contributed by atoms with van der Waals surface area (Å²) in [7, 11) is 0. The largest absolute Gasteiger partial charge is 0.334 e.